The first-order chi connectivity index (χ1) is 8.59. The largest absolute Gasteiger partial charge is 0.482 e. The summed E-state index contributed by atoms with van der Waals surface area (Å²) >= 11 is 5.92. The molecule has 0 bridgehead atoms. The van der Waals surface area contributed by atoms with Gasteiger partial charge in [-0.1, -0.05) is 30.7 Å². The fourth-order valence-corrected chi connectivity index (χ4v) is 1.81. The number of hydrogen-bond donors (Lipinski definition) is 1. The van der Waals surface area contributed by atoms with Gasteiger partial charge in [0, 0.05) is 12.0 Å². The number of nitrogens with one attached hydrogen (secondary N) is 1. The third-order valence-corrected chi connectivity index (χ3v) is 3.12. The topological polar surface area (TPSA) is 47.6 Å². The van der Waals surface area contributed by atoms with Crippen molar-refractivity contribution in [2.45, 2.75) is 6.92 Å². The number of rotatable bonds is 5. The standard InChI is InChI=1S/C13H16ClNO3/c1-13(8-17-9-13)7-15-12(16)6-18-11-5-3-2-4-10(11)14/h2-5H,6-9H2,1H3,(H,15,16). The molecule has 1 aliphatic heterocycles. The molecule has 1 aromatic rings. The highest BCUT2D eigenvalue weighted by Gasteiger charge is 2.33. The SMILES string of the molecule is CC1(CNC(=O)COc2ccccc2Cl)COC1. The molecule has 0 atom stereocenters. The predicted molar refractivity (Wildman–Crippen MR) is 68.9 cm³/mol. The van der Waals surface area contributed by atoms with E-state index in [1.165, 1.54) is 0 Å². The number of amides is 1. The van der Waals surface area contributed by atoms with Crippen molar-refractivity contribution in [1.82, 2.24) is 5.32 Å². The molecule has 0 aromatic heterocycles. The van der Waals surface area contributed by atoms with Gasteiger partial charge in [0.15, 0.2) is 6.61 Å². The summed E-state index contributed by atoms with van der Waals surface area (Å²) in [5.41, 5.74) is 0.0695. The smallest absolute Gasteiger partial charge is 0.257 e. The van der Waals surface area contributed by atoms with Crippen molar-refractivity contribution in [3.8, 4) is 5.75 Å². The normalized spacial score (nSPS) is 16.8. The molecule has 1 saturated heterocycles. The van der Waals surface area contributed by atoms with Crippen molar-refractivity contribution in [2.75, 3.05) is 26.4 Å². The zero-order valence-corrected chi connectivity index (χ0v) is 11.0. The van der Waals surface area contributed by atoms with Crippen molar-refractivity contribution in [3.05, 3.63) is 29.3 Å². The second kappa shape index (κ2) is 5.59. The van der Waals surface area contributed by atoms with Crippen molar-refractivity contribution >= 4 is 17.5 Å². The average molecular weight is 270 g/mol. The predicted octanol–water partition coefficient (Wildman–Crippen LogP) is 1.87. The Bertz CT molecular complexity index is 432. The first-order valence-electron chi connectivity index (χ1n) is 5.81. The van der Waals surface area contributed by atoms with Gasteiger partial charge in [0.25, 0.3) is 5.91 Å². The van der Waals surface area contributed by atoms with Crippen molar-refractivity contribution < 1.29 is 14.3 Å². The van der Waals surface area contributed by atoms with E-state index in [0.29, 0.717) is 30.5 Å². The maximum absolute atomic E-state index is 11.6. The quantitative estimate of drug-likeness (QED) is 0.888. The Morgan fingerprint density at radius 2 is 2.22 bits per heavy atom. The summed E-state index contributed by atoms with van der Waals surface area (Å²) in [5, 5.41) is 3.33. The van der Waals surface area contributed by atoms with Crippen molar-refractivity contribution in [2.24, 2.45) is 5.41 Å². The average Bonchev–Trinajstić information content (AvgIpc) is 2.33. The molecule has 0 radical (unpaired) electrons. The minimum atomic E-state index is -0.150. The molecule has 5 heteroatoms. The van der Waals surface area contributed by atoms with Gasteiger partial charge in [-0.2, -0.15) is 0 Å². The first kappa shape index (κ1) is 13.2. The Hall–Kier alpha value is -1.26. The summed E-state index contributed by atoms with van der Waals surface area (Å²) in [7, 11) is 0. The number of benzene rings is 1. The Labute approximate surface area is 111 Å². The van der Waals surface area contributed by atoms with Crippen molar-refractivity contribution in [3.63, 3.8) is 0 Å². The van der Waals surface area contributed by atoms with E-state index in [1.807, 2.05) is 12.1 Å². The first-order valence-corrected chi connectivity index (χ1v) is 6.19. The van der Waals surface area contributed by atoms with Gasteiger partial charge < -0.3 is 14.8 Å². The summed E-state index contributed by atoms with van der Waals surface area (Å²) < 4.78 is 10.5. The zero-order chi connectivity index (χ0) is 13.0. The summed E-state index contributed by atoms with van der Waals surface area (Å²) in [6.07, 6.45) is 0. The lowest BCUT2D eigenvalue weighted by Gasteiger charge is -2.37. The van der Waals surface area contributed by atoms with E-state index in [4.69, 9.17) is 21.1 Å². The summed E-state index contributed by atoms with van der Waals surface area (Å²) in [4.78, 5) is 11.6. The molecule has 18 heavy (non-hydrogen) atoms. The maximum Gasteiger partial charge on any atom is 0.257 e. The molecule has 0 unspecified atom stereocenters. The Kier molecular flexibility index (Phi) is 4.09. The second-order valence-corrected chi connectivity index (χ2v) is 5.21. The third-order valence-electron chi connectivity index (χ3n) is 2.81. The number of ether oxygens (including phenoxy) is 2. The highest BCUT2D eigenvalue weighted by molar-refractivity contribution is 6.32. The van der Waals surface area contributed by atoms with Gasteiger partial charge in [0.2, 0.25) is 0 Å². The van der Waals surface area contributed by atoms with Gasteiger partial charge >= 0.3 is 0 Å². The summed E-state index contributed by atoms with van der Waals surface area (Å²) in [5.74, 6) is 0.371. The molecule has 1 aromatic carbocycles. The summed E-state index contributed by atoms with van der Waals surface area (Å²) in [6.45, 7) is 4.04. The molecule has 2 rings (SSSR count). The minimum absolute atomic E-state index is 0.0271. The lowest BCUT2D eigenvalue weighted by atomic mass is 9.89. The molecule has 1 heterocycles. The van der Waals surface area contributed by atoms with E-state index >= 15 is 0 Å². The fraction of sp³-hybridized carbons (Fsp3) is 0.462. The molecule has 1 aliphatic rings. The molecular formula is C13H16ClNO3. The molecule has 0 spiro atoms. The van der Waals surface area contributed by atoms with Gasteiger partial charge in [0.05, 0.1) is 18.2 Å². The third kappa shape index (κ3) is 3.37. The van der Waals surface area contributed by atoms with E-state index in [2.05, 4.69) is 12.2 Å². The van der Waals surface area contributed by atoms with Crippen molar-refractivity contribution in [1.29, 1.82) is 0 Å². The molecule has 1 N–H and O–H groups in total. The molecule has 1 fully saturated rings. The van der Waals surface area contributed by atoms with E-state index in [-0.39, 0.29) is 17.9 Å². The van der Waals surface area contributed by atoms with Gasteiger partial charge in [-0.25, -0.2) is 0 Å². The van der Waals surface area contributed by atoms with E-state index < -0.39 is 0 Å². The van der Waals surface area contributed by atoms with Crippen LogP contribution in [0.25, 0.3) is 0 Å². The Balaban J connectivity index is 1.73. The molecule has 0 saturated carbocycles. The van der Waals surface area contributed by atoms with E-state index in [0.717, 1.165) is 0 Å². The van der Waals surface area contributed by atoms with Crippen LogP contribution in [0.1, 0.15) is 6.92 Å². The Morgan fingerprint density at radius 3 is 2.83 bits per heavy atom. The molecule has 0 aliphatic carbocycles. The lowest BCUT2D eigenvalue weighted by Crippen LogP contribution is -2.49. The van der Waals surface area contributed by atoms with Crippen LogP contribution in [0.2, 0.25) is 5.02 Å². The van der Waals surface area contributed by atoms with Crippen LogP contribution in [0.3, 0.4) is 0 Å². The maximum atomic E-state index is 11.6. The highest BCUT2D eigenvalue weighted by atomic mass is 35.5. The van der Waals surface area contributed by atoms with Crippen LogP contribution >= 0.6 is 11.6 Å². The minimum Gasteiger partial charge on any atom is -0.482 e. The van der Waals surface area contributed by atoms with Crippen LogP contribution in [-0.2, 0) is 9.53 Å². The van der Waals surface area contributed by atoms with Crippen LogP contribution in [-0.4, -0.2) is 32.3 Å². The van der Waals surface area contributed by atoms with Gasteiger partial charge in [0.1, 0.15) is 5.75 Å². The van der Waals surface area contributed by atoms with E-state index in [9.17, 15) is 4.79 Å². The van der Waals surface area contributed by atoms with Crippen LogP contribution in [0.5, 0.6) is 5.75 Å². The summed E-state index contributed by atoms with van der Waals surface area (Å²) in [6, 6.07) is 7.08. The van der Waals surface area contributed by atoms with Crippen LogP contribution in [0.15, 0.2) is 24.3 Å². The van der Waals surface area contributed by atoms with Crippen LogP contribution in [0.4, 0.5) is 0 Å². The number of carbonyl (C=O) groups excluding carboxylic acids is 1. The number of para-hydroxylation sites is 1. The monoisotopic (exact) mass is 269 g/mol. The number of hydrogen-bond acceptors (Lipinski definition) is 3. The van der Waals surface area contributed by atoms with Gasteiger partial charge in [-0.05, 0) is 12.1 Å². The fourth-order valence-electron chi connectivity index (χ4n) is 1.62. The highest BCUT2D eigenvalue weighted by Crippen LogP contribution is 2.25. The molecule has 1 amide bonds. The second-order valence-electron chi connectivity index (χ2n) is 4.80. The number of carbonyl (C=O) groups is 1. The molecule has 4 nitrogen and oxygen atoms in total. The lowest BCUT2D eigenvalue weighted by molar-refractivity contribution is -0.128. The van der Waals surface area contributed by atoms with Crippen LogP contribution < -0.4 is 10.1 Å². The zero-order valence-electron chi connectivity index (χ0n) is 10.2. The van der Waals surface area contributed by atoms with E-state index in [1.54, 1.807) is 12.1 Å². The Morgan fingerprint density at radius 1 is 1.50 bits per heavy atom. The van der Waals surface area contributed by atoms with Gasteiger partial charge in [-0.15, -0.1) is 0 Å². The molecule has 98 valence electrons. The van der Waals surface area contributed by atoms with Gasteiger partial charge in [-0.3, -0.25) is 4.79 Å². The molecular weight excluding hydrogens is 254 g/mol. The van der Waals surface area contributed by atoms with Crippen LogP contribution in [0, 0.1) is 5.41 Å². The number of halogens is 1.